The third-order valence-corrected chi connectivity index (χ3v) is 9.01. The standard InChI is InChI=1S/C25H26FN5O2S/c1-17-9-25-18(11-27-31(25)22-5-3-21(26)4-6-22)10-24(17)29-12-19-14-30(15-20(19)13-29)34(32,33)23-7-8-28(2)16-23/h3-11,16,19-20H,12-15H2,1-2H3/t19-,20+. The minimum atomic E-state index is -3.45. The fraction of sp³-hybridized carbons (Fsp3) is 0.320. The van der Waals surface area contributed by atoms with E-state index in [2.05, 4.69) is 29.1 Å². The quantitative estimate of drug-likeness (QED) is 0.449. The number of hydrogen-bond donors (Lipinski definition) is 0. The number of benzene rings is 2. The molecular weight excluding hydrogens is 453 g/mol. The van der Waals surface area contributed by atoms with Crippen LogP contribution in [0, 0.1) is 24.6 Å². The monoisotopic (exact) mass is 479 g/mol. The van der Waals surface area contributed by atoms with Gasteiger partial charge in [0.2, 0.25) is 10.0 Å². The highest BCUT2D eigenvalue weighted by Crippen LogP contribution is 2.38. The molecule has 4 heterocycles. The number of halogens is 1. The van der Waals surface area contributed by atoms with Gasteiger partial charge in [0.25, 0.3) is 0 Å². The van der Waals surface area contributed by atoms with Gasteiger partial charge in [-0.15, -0.1) is 0 Å². The van der Waals surface area contributed by atoms with E-state index in [4.69, 9.17) is 0 Å². The maximum absolute atomic E-state index is 13.3. The molecule has 0 amide bonds. The molecule has 9 heteroatoms. The molecule has 34 heavy (non-hydrogen) atoms. The zero-order chi connectivity index (χ0) is 23.6. The Hall–Kier alpha value is -3.17. The first-order valence-corrected chi connectivity index (χ1v) is 12.8. The molecule has 2 fully saturated rings. The second kappa shape index (κ2) is 7.68. The summed E-state index contributed by atoms with van der Waals surface area (Å²) in [5, 5.41) is 5.55. The molecule has 0 aliphatic carbocycles. The molecule has 2 aromatic carbocycles. The van der Waals surface area contributed by atoms with E-state index in [1.807, 2.05) is 17.9 Å². The Kier molecular flexibility index (Phi) is 4.82. The fourth-order valence-corrected chi connectivity index (χ4v) is 7.02. The summed E-state index contributed by atoms with van der Waals surface area (Å²) in [6.45, 7) is 4.88. The van der Waals surface area contributed by atoms with E-state index in [0.29, 0.717) is 29.8 Å². The summed E-state index contributed by atoms with van der Waals surface area (Å²) >= 11 is 0. The molecule has 2 aliphatic rings. The summed E-state index contributed by atoms with van der Waals surface area (Å²) in [5.74, 6) is 0.361. The van der Waals surface area contributed by atoms with Crippen LogP contribution in [-0.2, 0) is 17.1 Å². The summed E-state index contributed by atoms with van der Waals surface area (Å²) in [7, 11) is -1.61. The average molecular weight is 480 g/mol. The highest BCUT2D eigenvalue weighted by molar-refractivity contribution is 7.89. The molecule has 2 aromatic heterocycles. The second-order valence-corrected chi connectivity index (χ2v) is 11.4. The lowest BCUT2D eigenvalue weighted by Crippen LogP contribution is -2.33. The number of aryl methyl sites for hydroxylation is 2. The van der Waals surface area contributed by atoms with Crippen LogP contribution in [0.2, 0.25) is 0 Å². The van der Waals surface area contributed by atoms with Gasteiger partial charge in [-0.1, -0.05) is 0 Å². The Labute approximate surface area is 198 Å². The van der Waals surface area contributed by atoms with Gasteiger partial charge in [-0.2, -0.15) is 9.40 Å². The molecule has 6 rings (SSSR count). The number of aromatic nitrogens is 3. The average Bonchev–Trinajstić information content (AvgIpc) is 3.56. The molecule has 0 N–H and O–H groups in total. The fourth-order valence-electron chi connectivity index (χ4n) is 5.42. The van der Waals surface area contributed by atoms with E-state index in [9.17, 15) is 12.8 Å². The van der Waals surface area contributed by atoms with Crippen LogP contribution >= 0.6 is 0 Å². The van der Waals surface area contributed by atoms with Crippen LogP contribution in [0.5, 0.6) is 0 Å². The molecule has 0 unspecified atom stereocenters. The van der Waals surface area contributed by atoms with Crippen molar-refractivity contribution < 1.29 is 12.8 Å². The number of rotatable bonds is 4. The number of anilines is 1. The summed E-state index contributed by atoms with van der Waals surface area (Å²) < 4.78 is 44.7. The van der Waals surface area contributed by atoms with E-state index < -0.39 is 10.0 Å². The second-order valence-electron chi connectivity index (χ2n) is 9.49. The van der Waals surface area contributed by atoms with Crippen LogP contribution in [0.25, 0.3) is 16.6 Å². The van der Waals surface area contributed by atoms with Gasteiger partial charge < -0.3 is 9.47 Å². The first-order chi connectivity index (χ1) is 16.3. The Morgan fingerprint density at radius 2 is 1.71 bits per heavy atom. The highest BCUT2D eigenvalue weighted by Gasteiger charge is 2.44. The highest BCUT2D eigenvalue weighted by atomic mass is 32.2. The van der Waals surface area contributed by atoms with Gasteiger partial charge in [0, 0.05) is 56.7 Å². The molecule has 2 aliphatic heterocycles. The van der Waals surface area contributed by atoms with Crippen LogP contribution in [0.3, 0.4) is 0 Å². The number of sulfonamides is 1. The first kappa shape index (κ1) is 21.4. The van der Waals surface area contributed by atoms with Crippen molar-refractivity contribution in [3.63, 3.8) is 0 Å². The normalized spacial score (nSPS) is 21.0. The molecule has 0 radical (unpaired) electrons. The van der Waals surface area contributed by atoms with Gasteiger partial charge in [-0.05, 0) is 66.8 Å². The largest absolute Gasteiger partial charge is 0.371 e. The molecular formula is C25H26FN5O2S. The summed E-state index contributed by atoms with van der Waals surface area (Å²) in [4.78, 5) is 2.75. The van der Waals surface area contributed by atoms with Crippen molar-refractivity contribution in [1.29, 1.82) is 0 Å². The van der Waals surface area contributed by atoms with Crippen LogP contribution in [0.1, 0.15) is 5.56 Å². The Morgan fingerprint density at radius 1 is 1.00 bits per heavy atom. The van der Waals surface area contributed by atoms with E-state index in [0.717, 1.165) is 40.9 Å². The summed E-state index contributed by atoms with van der Waals surface area (Å²) in [6.07, 6.45) is 5.27. The van der Waals surface area contributed by atoms with Gasteiger partial charge in [-0.25, -0.2) is 17.5 Å². The van der Waals surface area contributed by atoms with E-state index >= 15 is 0 Å². The Morgan fingerprint density at radius 3 is 2.35 bits per heavy atom. The van der Waals surface area contributed by atoms with Crippen molar-refractivity contribution in [3.05, 3.63) is 72.4 Å². The summed E-state index contributed by atoms with van der Waals surface area (Å²) in [5.41, 5.74) is 4.11. The van der Waals surface area contributed by atoms with Crippen molar-refractivity contribution in [2.45, 2.75) is 11.8 Å². The van der Waals surface area contributed by atoms with E-state index in [-0.39, 0.29) is 5.82 Å². The zero-order valence-corrected chi connectivity index (χ0v) is 19.9. The van der Waals surface area contributed by atoms with Crippen LogP contribution in [-0.4, -0.2) is 53.2 Å². The SMILES string of the molecule is Cc1cc2c(cnn2-c2ccc(F)cc2)cc1N1C[C@@H]2CN(S(=O)(=O)c3ccn(C)c3)C[C@@H]2C1. The van der Waals surface area contributed by atoms with Crippen LogP contribution in [0.4, 0.5) is 10.1 Å². The molecule has 2 atom stereocenters. The lowest BCUT2D eigenvalue weighted by Gasteiger charge is -2.24. The van der Waals surface area contributed by atoms with E-state index in [1.165, 1.54) is 12.1 Å². The van der Waals surface area contributed by atoms with Crippen LogP contribution < -0.4 is 4.90 Å². The van der Waals surface area contributed by atoms with Crippen molar-refractivity contribution in [3.8, 4) is 5.69 Å². The lowest BCUT2D eigenvalue weighted by molar-refractivity contribution is 0.453. The topological polar surface area (TPSA) is 63.4 Å². The van der Waals surface area contributed by atoms with Crippen molar-refractivity contribution in [2.24, 2.45) is 18.9 Å². The van der Waals surface area contributed by atoms with Gasteiger partial charge in [-0.3, -0.25) is 0 Å². The number of fused-ring (bicyclic) bond motifs is 2. The van der Waals surface area contributed by atoms with Crippen molar-refractivity contribution >= 4 is 26.6 Å². The lowest BCUT2D eigenvalue weighted by atomic mass is 10.0. The maximum atomic E-state index is 13.3. The minimum Gasteiger partial charge on any atom is -0.371 e. The third-order valence-electron chi connectivity index (χ3n) is 7.19. The third kappa shape index (κ3) is 3.42. The van der Waals surface area contributed by atoms with Crippen LogP contribution in [0.15, 0.2) is 66.0 Å². The minimum absolute atomic E-state index is 0.270. The van der Waals surface area contributed by atoms with Gasteiger partial charge in [0.05, 0.1) is 22.3 Å². The molecule has 4 aromatic rings. The maximum Gasteiger partial charge on any atom is 0.244 e. The van der Waals surface area contributed by atoms with Gasteiger partial charge in [0.15, 0.2) is 0 Å². The zero-order valence-electron chi connectivity index (χ0n) is 19.1. The summed E-state index contributed by atoms with van der Waals surface area (Å²) in [6, 6.07) is 12.3. The molecule has 0 bridgehead atoms. The molecule has 7 nitrogen and oxygen atoms in total. The number of hydrogen-bond acceptors (Lipinski definition) is 4. The van der Waals surface area contributed by atoms with Crippen molar-refractivity contribution in [2.75, 3.05) is 31.1 Å². The predicted octanol–water partition coefficient (Wildman–Crippen LogP) is 3.57. The van der Waals surface area contributed by atoms with Gasteiger partial charge in [0.1, 0.15) is 5.82 Å². The Balaban J connectivity index is 1.23. The number of nitrogens with zero attached hydrogens (tertiary/aromatic N) is 5. The van der Waals surface area contributed by atoms with E-state index in [1.54, 1.807) is 39.5 Å². The molecule has 2 saturated heterocycles. The predicted molar refractivity (Wildman–Crippen MR) is 129 cm³/mol. The first-order valence-electron chi connectivity index (χ1n) is 11.4. The van der Waals surface area contributed by atoms with Gasteiger partial charge >= 0.3 is 0 Å². The molecule has 176 valence electrons. The smallest absolute Gasteiger partial charge is 0.244 e. The Bertz CT molecular complexity index is 1480. The van der Waals surface area contributed by atoms with Crippen molar-refractivity contribution in [1.82, 2.24) is 18.7 Å². The molecule has 0 saturated carbocycles. The molecule has 0 spiro atoms.